The lowest BCUT2D eigenvalue weighted by molar-refractivity contribution is 0.180. The molecule has 88 valence electrons. The molecular formula is C11H16N2O3. The SMILES string of the molecule is CC1(CO)CC1(C)Cn1ccc(=O)[nH]c1=O. The molecule has 0 aliphatic heterocycles. The summed E-state index contributed by atoms with van der Waals surface area (Å²) in [5.41, 5.74) is -0.945. The summed E-state index contributed by atoms with van der Waals surface area (Å²) in [7, 11) is 0. The van der Waals surface area contributed by atoms with Crippen LogP contribution in [0, 0.1) is 10.8 Å². The van der Waals surface area contributed by atoms with Crippen LogP contribution in [0.1, 0.15) is 20.3 Å². The number of aliphatic hydroxyl groups is 1. The number of H-pyrrole nitrogens is 1. The number of nitrogens with zero attached hydrogens (tertiary/aromatic N) is 1. The molecule has 1 fully saturated rings. The molecule has 2 rings (SSSR count). The summed E-state index contributed by atoms with van der Waals surface area (Å²) in [5.74, 6) is 0. The van der Waals surface area contributed by atoms with Gasteiger partial charge in [-0.3, -0.25) is 9.78 Å². The lowest BCUT2D eigenvalue weighted by Crippen LogP contribution is -2.32. The van der Waals surface area contributed by atoms with Gasteiger partial charge in [-0.05, 0) is 17.3 Å². The molecule has 16 heavy (non-hydrogen) atoms. The van der Waals surface area contributed by atoms with Crippen LogP contribution in [0.15, 0.2) is 21.9 Å². The molecule has 0 amide bonds. The lowest BCUT2D eigenvalue weighted by Gasteiger charge is -2.17. The van der Waals surface area contributed by atoms with E-state index in [1.54, 1.807) is 0 Å². The molecule has 2 N–H and O–H groups in total. The van der Waals surface area contributed by atoms with Crippen LogP contribution in [0.4, 0.5) is 0 Å². The molecule has 0 bridgehead atoms. The minimum Gasteiger partial charge on any atom is -0.396 e. The third kappa shape index (κ3) is 1.61. The zero-order valence-corrected chi connectivity index (χ0v) is 9.49. The van der Waals surface area contributed by atoms with Gasteiger partial charge in [0.15, 0.2) is 0 Å². The predicted molar refractivity (Wildman–Crippen MR) is 59.2 cm³/mol. The second-order valence-electron chi connectivity index (χ2n) is 5.19. The minimum absolute atomic E-state index is 0.0657. The summed E-state index contributed by atoms with van der Waals surface area (Å²) < 4.78 is 1.49. The van der Waals surface area contributed by atoms with E-state index in [2.05, 4.69) is 4.98 Å². The molecule has 0 aromatic carbocycles. The molecule has 1 aromatic rings. The molecule has 1 aliphatic rings. The average Bonchev–Trinajstić information content (AvgIpc) is 2.75. The highest BCUT2D eigenvalue weighted by Gasteiger charge is 2.60. The molecular weight excluding hydrogens is 208 g/mol. The summed E-state index contributed by atoms with van der Waals surface area (Å²) in [6.45, 7) is 4.70. The molecule has 2 unspecified atom stereocenters. The normalized spacial score (nSPS) is 32.7. The van der Waals surface area contributed by atoms with Crippen molar-refractivity contribution in [3.8, 4) is 0 Å². The number of aromatic nitrogens is 2. The highest BCUT2D eigenvalue weighted by atomic mass is 16.3. The summed E-state index contributed by atoms with van der Waals surface area (Å²) >= 11 is 0. The lowest BCUT2D eigenvalue weighted by atomic mass is 9.97. The third-order valence-electron chi connectivity index (χ3n) is 3.88. The van der Waals surface area contributed by atoms with Crippen molar-refractivity contribution in [2.75, 3.05) is 6.61 Å². The topological polar surface area (TPSA) is 75.1 Å². The maximum atomic E-state index is 11.5. The Bertz CT molecular complexity index is 518. The van der Waals surface area contributed by atoms with Crippen molar-refractivity contribution < 1.29 is 5.11 Å². The maximum absolute atomic E-state index is 11.5. The number of aromatic amines is 1. The van der Waals surface area contributed by atoms with Gasteiger partial charge in [-0.25, -0.2) is 4.79 Å². The summed E-state index contributed by atoms with van der Waals surface area (Å²) in [4.78, 5) is 24.6. The maximum Gasteiger partial charge on any atom is 0.328 e. The molecule has 1 saturated carbocycles. The molecule has 5 heteroatoms. The Balaban J connectivity index is 2.24. The molecule has 1 aromatic heterocycles. The highest BCUT2D eigenvalue weighted by Crippen LogP contribution is 2.63. The van der Waals surface area contributed by atoms with Gasteiger partial charge in [-0.2, -0.15) is 0 Å². The Morgan fingerprint density at radius 2 is 2.12 bits per heavy atom. The van der Waals surface area contributed by atoms with E-state index in [9.17, 15) is 14.7 Å². The fraction of sp³-hybridized carbons (Fsp3) is 0.636. The van der Waals surface area contributed by atoms with Crippen molar-refractivity contribution in [1.29, 1.82) is 0 Å². The van der Waals surface area contributed by atoms with Gasteiger partial charge in [-0.15, -0.1) is 0 Å². The van der Waals surface area contributed by atoms with Gasteiger partial charge in [0.2, 0.25) is 0 Å². The van der Waals surface area contributed by atoms with E-state index in [1.807, 2.05) is 13.8 Å². The number of aliphatic hydroxyl groups excluding tert-OH is 1. The molecule has 1 aliphatic carbocycles. The second kappa shape index (κ2) is 3.31. The van der Waals surface area contributed by atoms with E-state index >= 15 is 0 Å². The van der Waals surface area contributed by atoms with Crippen molar-refractivity contribution in [3.05, 3.63) is 33.1 Å². The Morgan fingerprint density at radius 1 is 1.44 bits per heavy atom. The number of hydrogen-bond donors (Lipinski definition) is 2. The van der Waals surface area contributed by atoms with E-state index in [-0.39, 0.29) is 28.7 Å². The Kier molecular flexibility index (Phi) is 2.31. The van der Waals surface area contributed by atoms with Gasteiger partial charge in [0.25, 0.3) is 5.56 Å². The first-order valence-electron chi connectivity index (χ1n) is 5.31. The molecule has 2 atom stereocenters. The van der Waals surface area contributed by atoms with Crippen molar-refractivity contribution in [2.45, 2.75) is 26.8 Å². The highest BCUT2D eigenvalue weighted by molar-refractivity contribution is 5.09. The largest absolute Gasteiger partial charge is 0.396 e. The Morgan fingerprint density at radius 3 is 2.62 bits per heavy atom. The van der Waals surface area contributed by atoms with Crippen LogP contribution in [-0.2, 0) is 6.54 Å². The van der Waals surface area contributed by atoms with Crippen LogP contribution < -0.4 is 11.2 Å². The molecule has 5 nitrogen and oxygen atoms in total. The monoisotopic (exact) mass is 224 g/mol. The van der Waals surface area contributed by atoms with Crippen LogP contribution in [0.25, 0.3) is 0 Å². The van der Waals surface area contributed by atoms with Crippen molar-refractivity contribution in [1.82, 2.24) is 9.55 Å². The van der Waals surface area contributed by atoms with E-state index in [4.69, 9.17) is 0 Å². The first-order chi connectivity index (χ1) is 7.40. The van der Waals surface area contributed by atoms with Crippen LogP contribution in [-0.4, -0.2) is 21.3 Å². The van der Waals surface area contributed by atoms with Crippen LogP contribution in [0.2, 0.25) is 0 Å². The average molecular weight is 224 g/mol. The minimum atomic E-state index is -0.388. The zero-order chi connectivity index (χ0) is 12.0. The Hall–Kier alpha value is -1.36. The first-order valence-corrected chi connectivity index (χ1v) is 5.31. The van der Waals surface area contributed by atoms with Gasteiger partial charge in [0.05, 0.1) is 0 Å². The molecule has 0 spiro atoms. The van der Waals surface area contributed by atoms with Crippen molar-refractivity contribution in [3.63, 3.8) is 0 Å². The van der Waals surface area contributed by atoms with Crippen molar-refractivity contribution in [2.24, 2.45) is 10.8 Å². The van der Waals surface area contributed by atoms with Gasteiger partial charge >= 0.3 is 5.69 Å². The third-order valence-corrected chi connectivity index (χ3v) is 3.88. The molecule has 0 saturated heterocycles. The van der Waals surface area contributed by atoms with Gasteiger partial charge in [0.1, 0.15) is 0 Å². The second-order valence-corrected chi connectivity index (χ2v) is 5.19. The van der Waals surface area contributed by atoms with Gasteiger partial charge < -0.3 is 9.67 Å². The quantitative estimate of drug-likeness (QED) is 0.755. The standard InChI is InChI=1S/C11H16N2O3/c1-10(5-11(10,2)7-14)6-13-4-3-8(15)12-9(13)16/h3-4,14H,5-7H2,1-2H3,(H,12,15,16). The predicted octanol–water partition coefficient (Wildman–Crippen LogP) is -0.0548. The summed E-state index contributed by atoms with van der Waals surface area (Å²) in [6, 6.07) is 1.34. The van der Waals surface area contributed by atoms with Crippen molar-refractivity contribution >= 4 is 0 Å². The van der Waals surface area contributed by atoms with Gasteiger partial charge in [-0.1, -0.05) is 13.8 Å². The van der Waals surface area contributed by atoms with Crippen LogP contribution >= 0.6 is 0 Å². The summed E-state index contributed by atoms with van der Waals surface area (Å²) in [5, 5.41) is 9.25. The number of nitrogens with one attached hydrogen (secondary N) is 1. The van der Waals surface area contributed by atoms with E-state index in [1.165, 1.54) is 16.8 Å². The Labute approximate surface area is 92.7 Å². The smallest absolute Gasteiger partial charge is 0.328 e. The van der Waals surface area contributed by atoms with E-state index in [0.717, 1.165) is 6.42 Å². The van der Waals surface area contributed by atoms with Crippen LogP contribution in [0.3, 0.4) is 0 Å². The van der Waals surface area contributed by atoms with Crippen LogP contribution in [0.5, 0.6) is 0 Å². The first kappa shape index (κ1) is 11.1. The number of rotatable bonds is 3. The summed E-state index contributed by atoms with van der Waals surface area (Å²) in [6.07, 6.45) is 2.39. The number of hydrogen-bond acceptors (Lipinski definition) is 3. The zero-order valence-electron chi connectivity index (χ0n) is 9.49. The van der Waals surface area contributed by atoms with E-state index < -0.39 is 0 Å². The fourth-order valence-corrected chi connectivity index (χ4v) is 2.26. The molecule has 1 heterocycles. The molecule has 0 radical (unpaired) electrons. The van der Waals surface area contributed by atoms with E-state index in [0.29, 0.717) is 6.54 Å². The fourth-order valence-electron chi connectivity index (χ4n) is 2.26. The van der Waals surface area contributed by atoms with Gasteiger partial charge in [0, 0.05) is 25.4 Å².